The van der Waals surface area contributed by atoms with E-state index in [-0.39, 0.29) is 10.8 Å². The van der Waals surface area contributed by atoms with Crippen molar-refractivity contribution < 1.29 is 0 Å². The minimum Gasteiger partial charge on any atom is -0.310 e. The maximum absolute atomic E-state index is 9.41. The fourth-order valence-corrected chi connectivity index (χ4v) is 8.77. The number of hydrogen-bond acceptors (Lipinski definition) is 2. The Morgan fingerprint density at radius 3 is 1.75 bits per heavy atom. The third-order valence-electron chi connectivity index (χ3n) is 11.5. The SMILES string of the molecule is CC1(C)C2=C(c3ccccc31)C(C)(C)c1cc(-c3ccc(C=Cc4ccc(N(c5ccc(C#N)cc5)c5cccc6ccccc56)cc4)cc3)ccc12. The van der Waals surface area contributed by atoms with Gasteiger partial charge in [0, 0.05) is 27.6 Å². The van der Waals surface area contributed by atoms with E-state index in [4.69, 9.17) is 0 Å². The van der Waals surface area contributed by atoms with E-state index in [1.165, 1.54) is 55.3 Å². The maximum atomic E-state index is 9.41. The smallest absolute Gasteiger partial charge is 0.0991 e. The molecule has 0 atom stereocenters. The summed E-state index contributed by atoms with van der Waals surface area (Å²) in [7, 11) is 0. The van der Waals surface area contributed by atoms with Gasteiger partial charge < -0.3 is 4.90 Å². The summed E-state index contributed by atoms with van der Waals surface area (Å²) in [5.41, 5.74) is 17.2. The van der Waals surface area contributed by atoms with Crippen molar-refractivity contribution in [2.45, 2.75) is 38.5 Å². The summed E-state index contributed by atoms with van der Waals surface area (Å²) in [6.45, 7) is 9.55. The Labute approximate surface area is 312 Å². The first-order chi connectivity index (χ1) is 25.7. The van der Waals surface area contributed by atoms with Crippen molar-refractivity contribution >= 4 is 51.1 Å². The van der Waals surface area contributed by atoms with E-state index in [0.717, 1.165) is 28.2 Å². The van der Waals surface area contributed by atoms with Crippen LogP contribution in [-0.4, -0.2) is 0 Å². The molecule has 0 saturated heterocycles. The number of nitriles is 1. The average molecular weight is 681 g/mol. The van der Waals surface area contributed by atoms with Gasteiger partial charge in [0.05, 0.1) is 17.3 Å². The lowest BCUT2D eigenvalue weighted by molar-refractivity contribution is 0.694. The standard InChI is InChI=1S/C51H40N2/c1-50(2)45-14-8-7-13-43(45)48-49(50)44-31-26-39(32-46(44)51(48,3)4)37-24-18-34(19-25-37)16-17-35-20-27-40(28-21-35)53(41-29-22-36(33-52)23-30-41)47-15-9-11-38-10-5-6-12-42(38)47/h5-32H,1-4H3. The number of rotatable bonds is 6. The zero-order valence-electron chi connectivity index (χ0n) is 30.6. The summed E-state index contributed by atoms with van der Waals surface area (Å²) in [5.74, 6) is 0. The normalized spacial score (nSPS) is 14.9. The highest BCUT2D eigenvalue weighted by molar-refractivity contribution is 6.09. The minimum atomic E-state index is -0.0588. The molecule has 2 nitrogen and oxygen atoms in total. The van der Waals surface area contributed by atoms with Gasteiger partial charge in [-0.2, -0.15) is 5.26 Å². The van der Waals surface area contributed by atoms with Gasteiger partial charge in [-0.25, -0.2) is 0 Å². The van der Waals surface area contributed by atoms with Crippen LogP contribution in [0.3, 0.4) is 0 Å². The Morgan fingerprint density at radius 2 is 1.06 bits per heavy atom. The van der Waals surface area contributed by atoms with Crippen LogP contribution in [0.25, 0.3) is 45.2 Å². The van der Waals surface area contributed by atoms with Crippen LogP contribution in [0, 0.1) is 11.3 Å². The molecule has 0 heterocycles. The van der Waals surface area contributed by atoms with Gasteiger partial charge >= 0.3 is 0 Å². The number of anilines is 3. The van der Waals surface area contributed by atoms with Crippen LogP contribution in [0.2, 0.25) is 0 Å². The molecule has 0 saturated carbocycles. The Bertz CT molecular complexity index is 2640. The predicted octanol–water partition coefficient (Wildman–Crippen LogP) is 13.5. The highest BCUT2D eigenvalue weighted by Crippen LogP contribution is 2.62. The van der Waals surface area contributed by atoms with Gasteiger partial charge in [0.2, 0.25) is 0 Å². The Balaban J connectivity index is 0.968. The van der Waals surface area contributed by atoms with Gasteiger partial charge in [0.15, 0.2) is 0 Å². The summed E-state index contributed by atoms with van der Waals surface area (Å²) < 4.78 is 0. The molecule has 0 aromatic heterocycles. The first-order valence-corrected chi connectivity index (χ1v) is 18.4. The van der Waals surface area contributed by atoms with Crippen molar-refractivity contribution in [1.82, 2.24) is 0 Å². The van der Waals surface area contributed by atoms with E-state index >= 15 is 0 Å². The van der Waals surface area contributed by atoms with E-state index < -0.39 is 0 Å². The summed E-state index contributed by atoms with van der Waals surface area (Å²) >= 11 is 0. The van der Waals surface area contributed by atoms with Crippen LogP contribution < -0.4 is 4.90 Å². The maximum Gasteiger partial charge on any atom is 0.0991 e. The third kappa shape index (κ3) is 5.32. The molecule has 0 amide bonds. The van der Waals surface area contributed by atoms with Crippen LogP contribution in [0.1, 0.15) is 66.6 Å². The third-order valence-corrected chi connectivity index (χ3v) is 11.5. The largest absolute Gasteiger partial charge is 0.310 e. The molecule has 0 aliphatic heterocycles. The van der Waals surface area contributed by atoms with Crippen molar-refractivity contribution in [3.63, 3.8) is 0 Å². The number of fused-ring (bicyclic) bond motifs is 5. The number of hydrogen-bond donors (Lipinski definition) is 0. The molecule has 0 spiro atoms. The number of nitrogens with zero attached hydrogens (tertiary/aromatic N) is 2. The molecule has 2 aliphatic carbocycles. The van der Waals surface area contributed by atoms with E-state index in [2.05, 4.69) is 184 Å². The predicted molar refractivity (Wildman–Crippen MR) is 223 cm³/mol. The molecule has 53 heavy (non-hydrogen) atoms. The molecule has 0 fully saturated rings. The van der Waals surface area contributed by atoms with Crippen LogP contribution in [0.5, 0.6) is 0 Å². The zero-order chi connectivity index (χ0) is 36.3. The van der Waals surface area contributed by atoms with E-state index in [0.29, 0.717) is 5.56 Å². The van der Waals surface area contributed by atoms with Crippen LogP contribution in [0.15, 0.2) is 158 Å². The van der Waals surface area contributed by atoms with Gasteiger partial charge in [-0.05, 0) is 110 Å². The Kier molecular flexibility index (Phi) is 7.58. The van der Waals surface area contributed by atoms with Crippen LogP contribution in [-0.2, 0) is 10.8 Å². The van der Waals surface area contributed by atoms with Gasteiger partial charge in [-0.3, -0.25) is 0 Å². The Morgan fingerprint density at radius 1 is 0.509 bits per heavy atom. The second-order valence-corrected chi connectivity index (χ2v) is 15.3. The van der Waals surface area contributed by atoms with E-state index in [1.807, 2.05) is 24.3 Å². The van der Waals surface area contributed by atoms with E-state index in [9.17, 15) is 5.26 Å². The number of allylic oxidation sites excluding steroid dienone is 2. The lowest BCUT2D eigenvalue weighted by Crippen LogP contribution is -2.19. The lowest BCUT2D eigenvalue weighted by atomic mass is 9.75. The fourth-order valence-electron chi connectivity index (χ4n) is 8.77. The van der Waals surface area contributed by atoms with Crippen molar-refractivity contribution in [2.75, 3.05) is 4.90 Å². The minimum absolute atomic E-state index is 0.00850. The number of benzene rings is 7. The van der Waals surface area contributed by atoms with Crippen molar-refractivity contribution in [3.8, 4) is 17.2 Å². The first kappa shape index (κ1) is 32.5. The van der Waals surface area contributed by atoms with Gasteiger partial charge in [-0.15, -0.1) is 0 Å². The monoisotopic (exact) mass is 680 g/mol. The molecule has 9 rings (SSSR count). The molecule has 7 aromatic carbocycles. The molecular weight excluding hydrogens is 641 g/mol. The molecular formula is C51H40N2. The highest BCUT2D eigenvalue weighted by Gasteiger charge is 2.49. The quantitative estimate of drug-likeness (QED) is 0.163. The topological polar surface area (TPSA) is 27.0 Å². The second kappa shape index (κ2) is 12.4. The van der Waals surface area contributed by atoms with Crippen molar-refractivity contribution in [1.29, 1.82) is 5.26 Å². The van der Waals surface area contributed by atoms with Crippen LogP contribution >= 0.6 is 0 Å². The van der Waals surface area contributed by atoms with E-state index in [1.54, 1.807) is 0 Å². The molecule has 0 unspecified atom stereocenters. The lowest BCUT2D eigenvalue weighted by Gasteiger charge is -2.28. The van der Waals surface area contributed by atoms with Crippen LogP contribution in [0.4, 0.5) is 17.1 Å². The van der Waals surface area contributed by atoms with Crippen molar-refractivity contribution in [2.24, 2.45) is 0 Å². The summed E-state index contributed by atoms with van der Waals surface area (Å²) in [6.07, 6.45) is 4.36. The molecule has 254 valence electrons. The summed E-state index contributed by atoms with van der Waals surface area (Å²) in [4.78, 5) is 2.26. The first-order valence-electron chi connectivity index (χ1n) is 18.4. The molecule has 0 N–H and O–H groups in total. The van der Waals surface area contributed by atoms with Gasteiger partial charge in [0.25, 0.3) is 0 Å². The highest BCUT2D eigenvalue weighted by atomic mass is 15.1. The van der Waals surface area contributed by atoms with Crippen molar-refractivity contribution in [3.05, 3.63) is 197 Å². The molecule has 0 radical (unpaired) electrons. The fraction of sp³-hybridized carbons (Fsp3) is 0.118. The Hall–Kier alpha value is -6.43. The molecule has 0 bridgehead atoms. The summed E-state index contributed by atoms with van der Waals surface area (Å²) in [6, 6.07) is 58.6. The molecule has 7 aromatic rings. The van der Waals surface area contributed by atoms with Gasteiger partial charge in [0.1, 0.15) is 0 Å². The molecule has 2 aliphatic rings. The van der Waals surface area contributed by atoms with Gasteiger partial charge in [-0.1, -0.05) is 149 Å². The average Bonchev–Trinajstić information content (AvgIpc) is 3.59. The second-order valence-electron chi connectivity index (χ2n) is 15.3. The zero-order valence-corrected chi connectivity index (χ0v) is 30.6. The molecule has 2 heteroatoms. The summed E-state index contributed by atoms with van der Waals surface area (Å²) in [5, 5.41) is 11.8.